The minimum atomic E-state index is 0.250. The number of nitrogens with zero attached hydrogens (tertiary/aromatic N) is 2. The fourth-order valence-corrected chi connectivity index (χ4v) is 2.73. The average molecular weight is 197 g/mol. The molecule has 0 aromatic rings. The number of amides is 1. The van der Waals surface area contributed by atoms with Gasteiger partial charge in [0.05, 0.1) is 5.92 Å². The van der Waals surface area contributed by atoms with Crippen LogP contribution >= 0.6 is 0 Å². The van der Waals surface area contributed by atoms with E-state index in [2.05, 4.69) is 11.9 Å². The Morgan fingerprint density at radius 1 is 1.43 bits per heavy atom. The number of carbonyl (C=O) groups is 1. The molecule has 0 aromatic carbocycles. The average Bonchev–Trinajstić information content (AvgIpc) is 2.54. The van der Waals surface area contributed by atoms with Gasteiger partial charge in [0.15, 0.2) is 0 Å². The summed E-state index contributed by atoms with van der Waals surface area (Å²) in [7, 11) is 2.12. The van der Waals surface area contributed by atoms with Gasteiger partial charge in [0.25, 0.3) is 0 Å². The smallest absolute Gasteiger partial charge is 0.227 e. The van der Waals surface area contributed by atoms with Crippen LogP contribution in [0.25, 0.3) is 0 Å². The lowest BCUT2D eigenvalue weighted by Crippen LogP contribution is -2.50. The number of carbonyl (C=O) groups excluding carboxylic acids is 1. The molecule has 4 heteroatoms. The van der Waals surface area contributed by atoms with Crippen molar-refractivity contribution < 1.29 is 4.79 Å². The van der Waals surface area contributed by atoms with Crippen LogP contribution in [0.5, 0.6) is 0 Å². The summed E-state index contributed by atoms with van der Waals surface area (Å²) < 4.78 is 0. The summed E-state index contributed by atoms with van der Waals surface area (Å²) in [4.78, 5) is 16.2. The van der Waals surface area contributed by atoms with E-state index in [4.69, 9.17) is 5.73 Å². The van der Waals surface area contributed by atoms with Gasteiger partial charge in [0.2, 0.25) is 5.91 Å². The first-order chi connectivity index (χ1) is 6.74. The Balaban J connectivity index is 2.03. The molecule has 4 nitrogen and oxygen atoms in total. The molecule has 2 heterocycles. The second-order valence-electron chi connectivity index (χ2n) is 4.35. The Bertz CT molecular complexity index is 231. The maximum atomic E-state index is 12.0. The zero-order valence-electron chi connectivity index (χ0n) is 8.78. The van der Waals surface area contributed by atoms with Gasteiger partial charge in [0, 0.05) is 25.7 Å². The topological polar surface area (TPSA) is 49.6 Å². The van der Waals surface area contributed by atoms with Crippen LogP contribution in [0.4, 0.5) is 0 Å². The van der Waals surface area contributed by atoms with Gasteiger partial charge in [-0.25, -0.2) is 0 Å². The lowest BCUT2D eigenvalue weighted by molar-refractivity contribution is -0.139. The van der Waals surface area contributed by atoms with E-state index in [1.165, 1.54) is 0 Å². The number of hydrogen-bond donors (Lipinski definition) is 1. The van der Waals surface area contributed by atoms with Gasteiger partial charge in [-0.15, -0.1) is 0 Å². The molecule has 2 rings (SSSR count). The van der Waals surface area contributed by atoms with E-state index in [1.54, 1.807) is 0 Å². The molecule has 2 saturated heterocycles. The van der Waals surface area contributed by atoms with Crippen LogP contribution in [-0.2, 0) is 4.79 Å². The van der Waals surface area contributed by atoms with Gasteiger partial charge in [-0.2, -0.15) is 0 Å². The molecule has 1 amide bonds. The summed E-state index contributed by atoms with van der Waals surface area (Å²) in [5.41, 5.74) is 5.48. The fraction of sp³-hybridized carbons (Fsp3) is 0.900. The van der Waals surface area contributed by atoms with Crippen LogP contribution < -0.4 is 5.73 Å². The van der Waals surface area contributed by atoms with Gasteiger partial charge < -0.3 is 15.5 Å². The third kappa shape index (κ3) is 1.53. The molecule has 2 atom stereocenters. The maximum Gasteiger partial charge on any atom is 0.227 e. The molecule has 0 spiro atoms. The van der Waals surface area contributed by atoms with Crippen molar-refractivity contribution >= 4 is 5.91 Å². The standard InChI is InChI=1S/C10H19N3O/c1-12-5-2-8-9(12)3-6-13(7-4-11)10(8)14/h8-9H,2-7,11H2,1H3/t8-,9+/m0/s1. The number of piperidine rings is 1. The largest absolute Gasteiger partial charge is 0.341 e. The molecular weight excluding hydrogens is 178 g/mol. The number of fused-ring (bicyclic) bond motifs is 1. The Kier molecular flexibility index (Phi) is 2.74. The van der Waals surface area contributed by atoms with Crippen LogP contribution in [0.15, 0.2) is 0 Å². The van der Waals surface area contributed by atoms with Crippen molar-refractivity contribution in [2.75, 3.05) is 33.2 Å². The Labute approximate surface area is 85.0 Å². The molecule has 0 bridgehead atoms. The third-order valence-corrected chi connectivity index (χ3v) is 3.55. The first-order valence-corrected chi connectivity index (χ1v) is 5.43. The van der Waals surface area contributed by atoms with E-state index in [0.717, 1.165) is 32.5 Å². The van der Waals surface area contributed by atoms with Crippen LogP contribution in [0.2, 0.25) is 0 Å². The van der Waals surface area contributed by atoms with Crippen LogP contribution in [-0.4, -0.2) is 55.0 Å². The molecule has 0 radical (unpaired) electrons. The van der Waals surface area contributed by atoms with Crippen molar-refractivity contribution in [3.05, 3.63) is 0 Å². The first-order valence-electron chi connectivity index (χ1n) is 5.43. The molecule has 14 heavy (non-hydrogen) atoms. The Morgan fingerprint density at radius 2 is 2.21 bits per heavy atom. The summed E-state index contributed by atoms with van der Waals surface area (Å²) in [6.45, 7) is 3.27. The molecule has 2 N–H and O–H groups in total. The predicted molar refractivity (Wildman–Crippen MR) is 54.8 cm³/mol. The van der Waals surface area contributed by atoms with Crippen molar-refractivity contribution in [3.63, 3.8) is 0 Å². The number of rotatable bonds is 2. The van der Waals surface area contributed by atoms with E-state index >= 15 is 0 Å². The highest BCUT2D eigenvalue weighted by Crippen LogP contribution is 2.30. The van der Waals surface area contributed by atoms with Crippen LogP contribution in [0.3, 0.4) is 0 Å². The van der Waals surface area contributed by atoms with E-state index < -0.39 is 0 Å². The summed E-state index contributed by atoms with van der Waals surface area (Å²) in [5.74, 6) is 0.580. The molecule has 80 valence electrons. The molecule has 0 aromatic heterocycles. The zero-order valence-corrected chi connectivity index (χ0v) is 8.78. The normalized spacial score (nSPS) is 33.6. The highest BCUT2D eigenvalue weighted by molar-refractivity contribution is 5.80. The van der Waals surface area contributed by atoms with Gasteiger partial charge >= 0.3 is 0 Å². The Hall–Kier alpha value is -0.610. The SMILES string of the molecule is CN1CC[C@@H]2C(=O)N(CCN)CC[C@H]21. The van der Waals surface area contributed by atoms with Crippen LogP contribution in [0, 0.1) is 5.92 Å². The fourth-order valence-electron chi connectivity index (χ4n) is 2.73. The molecule has 2 fully saturated rings. The summed E-state index contributed by atoms with van der Waals surface area (Å²) in [6, 6.07) is 0.497. The second kappa shape index (κ2) is 3.87. The lowest BCUT2D eigenvalue weighted by Gasteiger charge is -2.36. The molecule has 0 unspecified atom stereocenters. The van der Waals surface area contributed by atoms with Crippen molar-refractivity contribution in [1.29, 1.82) is 0 Å². The predicted octanol–water partition coefficient (Wildman–Crippen LogP) is -0.502. The van der Waals surface area contributed by atoms with E-state index in [9.17, 15) is 4.79 Å². The quantitative estimate of drug-likeness (QED) is 0.649. The van der Waals surface area contributed by atoms with Crippen LogP contribution in [0.1, 0.15) is 12.8 Å². The van der Waals surface area contributed by atoms with Gasteiger partial charge in [-0.05, 0) is 26.4 Å². The first kappa shape index (κ1) is 9.93. The van der Waals surface area contributed by atoms with E-state index in [0.29, 0.717) is 18.5 Å². The number of nitrogens with two attached hydrogens (primary N) is 1. The molecule has 0 saturated carbocycles. The summed E-state index contributed by atoms with van der Waals surface area (Å²) in [5, 5.41) is 0. The molecule has 0 aliphatic carbocycles. The van der Waals surface area contributed by atoms with Crippen molar-refractivity contribution in [3.8, 4) is 0 Å². The minimum Gasteiger partial charge on any atom is -0.341 e. The maximum absolute atomic E-state index is 12.0. The summed E-state index contributed by atoms with van der Waals surface area (Å²) >= 11 is 0. The number of hydrogen-bond acceptors (Lipinski definition) is 3. The third-order valence-electron chi connectivity index (χ3n) is 3.55. The second-order valence-corrected chi connectivity index (χ2v) is 4.35. The highest BCUT2D eigenvalue weighted by atomic mass is 16.2. The minimum absolute atomic E-state index is 0.250. The van der Waals surface area contributed by atoms with Gasteiger partial charge in [-0.3, -0.25) is 4.79 Å². The van der Waals surface area contributed by atoms with Gasteiger partial charge in [-0.1, -0.05) is 0 Å². The highest BCUT2D eigenvalue weighted by Gasteiger charge is 2.41. The Morgan fingerprint density at radius 3 is 2.93 bits per heavy atom. The number of likely N-dealkylation sites (tertiary alicyclic amines) is 2. The zero-order chi connectivity index (χ0) is 10.1. The molecule has 2 aliphatic heterocycles. The van der Waals surface area contributed by atoms with Crippen molar-refractivity contribution in [2.45, 2.75) is 18.9 Å². The van der Waals surface area contributed by atoms with E-state index in [1.807, 2.05) is 4.90 Å². The van der Waals surface area contributed by atoms with Crippen molar-refractivity contribution in [2.24, 2.45) is 11.7 Å². The molecular formula is C10H19N3O. The molecule has 2 aliphatic rings. The lowest BCUT2D eigenvalue weighted by atomic mass is 9.92. The summed E-state index contributed by atoms with van der Waals surface area (Å²) in [6.07, 6.45) is 2.15. The monoisotopic (exact) mass is 197 g/mol. The van der Waals surface area contributed by atoms with E-state index in [-0.39, 0.29) is 5.92 Å². The van der Waals surface area contributed by atoms with Crippen molar-refractivity contribution in [1.82, 2.24) is 9.80 Å². The van der Waals surface area contributed by atoms with Gasteiger partial charge in [0.1, 0.15) is 0 Å².